The second-order valence-electron chi connectivity index (χ2n) is 9.71. The van der Waals surface area contributed by atoms with E-state index in [1.807, 2.05) is 0 Å². The minimum absolute atomic E-state index is 0.0209. The van der Waals surface area contributed by atoms with Crippen LogP contribution in [-0.2, 0) is 17.9 Å². The molecule has 2 atom stereocenters. The first kappa shape index (κ1) is 22.6. The van der Waals surface area contributed by atoms with E-state index in [0.717, 1.165) is 11.2 Å². The Labute approximate surface area is 222 Å². The molecule has 0 radical (unpaired) electrons. The number of aryl methyl sites for hydroxylation is 1. The van der Waals surface area contributed by atoms with Crippen LogP contribution in [0.25, 0.3) is 34.3 Å². The van der Waals surface area contributed by atoms with Gasteiger partial charge in [-0.05, 0) is 0 Å². The number of halogens is 2. The average molecular weight is 587 g/mol. The normalized spacial score (nSPS) is 18.5. The van der Waals surface area contributed by atoms with Gasteiger partial charge in [0.2, 0.25) is 0 Å². The summed E-state index contributed by atoms with van der Waals surface area (Å²) in [7, 11) is 15.5. The Morgan fingerprint density at radius 1 is 0.833 bits per heavy atom. The van der Waals surface area contributed by atoms with E-state index < -0.39 is 17.9 Å². The predicted octanol–water partition coefficient (Wildman–Crippen LogP) is 9.09. The van der Waals surface area contributed by atoms with Crippen LogP contribution in [0.1, 0.15) is 40.8 Å². The molecule has 2 nitrogen and oxygen atoms in total. The van der Waals surface area contributed by atoms with Gasteiger partial charge in [-0.3, -0.25) is 0 Å². The molecule has 7 rings (SSSR count). The van der Waals surface area contributed by atoms with Crippen LogP contribution >= 0.6 is 17.0 Å². The molecular weight excluding hydrogens is 562 g/mol. The van der Waals surface area contributed by atoms with Gasteiger partial charge in [-0.25, -0.2) is 0 Å². The van der Waals surface area contributed by atoms with E-state index in [1.54, 1.807) is 0 Å². The van der Waals surface area contributed by atoms with Crippen molar-refractivity contribution in [1.82, 2.24) is 9.55 Å². The molecule has 0 fully saturated rings. The molecule has 2 heterocycles. The molecule has 5 aromatic rings. The second-order valence-corrected chi connectivity index (χ2v) is 24.5. The molecule has 2 unspecified atom stereocenters. The Bertz CT molecular complexity index is 1690. The summed E-state index contributed by atoms with van der Waals surface area (Å²) in [6.07, 6.45) is 11.0. The molecule has 0 spiro atoms. The number of nitrogens with one attached hydrogen (secondary N) is 1. The molecule has 2 aliphatic rings. The summed E-state index contributed by atoms with van der Waals surface area (Å²) in [4.78, 5) is 3.59. The van der Waals surface area contributed by atoms with Crippen LogP contribution in [0.5, 0.6) is 0 Å². The summed E-state index contributed by atoms with van der Waals surface area (Å²) in [5.41, 5.74) is 11.0. The third-order valence-corrected chi connectivity index (χ3v) is 19.8. The first-order valence-corrected chi connectivity index (χ1v) is 21.4. The molecule has 0 saturated carbocycles. The van der Waals surface area contributed by atoms with Crippen LogP contribution in [-0.4, -0.2) is 9.55 Å². The summed E-state index contributed by atoms with van der Waals surface area (Å²) < 4.78 is 2.24. The van der Waals surface area contributed by atoms with Crippen molar-refractivity contribution in [1.29, 1.82) is 0 Å². The van der Waals surface area contributed by atoms with Crippen LogP contribution in [0.3, 0.4) is 0 Å². The van der Waals surface area contributed by atoms with Gasteiger partial charge in [0.25, 0.3) is 0 Å². The van der Waals surface area contributed by atoms with E-state index in [9.17, 15) is 0 Å². The van der Waals surface area contributed by atoms with Gasteiger partial charge in [0, 0.05) is 0 Å². The number of benzene rings is 3. The van der Waals surface area contributed by atoms with Gasteiger partial charge in [-0.15, -0.1) is 0 Å². The molecule has 2 aromatic heterocycles. The molecule has 2 aliphatic carbocycles. The summed E-state index contributed by atoms with van der Waals surface area (Å²) in [6, 6.07) is 27.8. The van der Waals surface area contributed by atoms with Gasteiger partial charge in [-0.2, -0.15) is 0 Å². The van der Waals surface area contributed by atoms with Crippen molar-refractivity contribution in [3.05, 3.63) is 131 Å². The Kier molecular flexibility index (Phi) is 5.33. The number of fused-ring (bicyclic) bond motifs is 3. The molecule has 0 aliphatic heterocycles. The molecule has 3 aromatic carbocycles. The topological polar surface area (TPSA) is 20.7 Å². The summed E-state index contributed by atoms with van der Waals surface area (Å²) in [6.45, 7) is 2.16. The minimum atomic E-state index is -3.99. The van der Waals surface area contributed by atoms with Gasteiger partial charge in [-0.1, -0.05) is 0 Å². The van der Waals surface area contributed by atoms with Crippen molar-refractivity contribution in [3.8, 4) is 5.69 Å². The fourth-order valence-electron chi connectivity index (χ4n) is 6.16. The van der Waals surface area contributed by atoms with Crippen LogP contribution < -0.4 is 0 Å². The molecule has 176 valence electrons. The molecule has 5 heteroatoms. The number of aromatic amines is 1. The van der Waals surface area contributed by atoms with E-state index in [0.29, 0.717) is 0 Å². The van der Waals surface area contributed by atoms with Gasteiger partial charge in [0.15, 0.2) is 0 Å². The molecule has 0 amide bonds. The quantitative estimate of drug-likeness (QED) is 0.217. The zero-order valence-electron chi connectivity index (χ0n) is 19.8. The molecular formula is C31H24Cl2N2Zr. The van der Waals surface area contributed by atoms with Crippen molar-refractivity contribution in [2.24, 2.45) is 0 Å². The summed E-state index contributed by atoms with van der Waals surface area (Å²) >= 11 is -3.99. The zero-order chi connectivity index (χ0) is 24.4. The van der Waals surface area contributed by atoms with E-state index in [2.05, 4.69) is 126 Å². The second kappa shape index (κ2) is 8.49. The summed E-state index contributed by atoms with van der Waals surface area (Å²) in [5.74, 6) is 0. The fraction of sp³-hybridized carbons (Fsp3) is 0.0968. The van der Waals surface area contributed by atoms with Gasteiger partial charge in [0.1, 0.15) is 0 Å². The first-order chi connectivity index (χ1) is 17.5. The maximum atomic E-state index is 7.76. The van der Waals surface area contributed by atoms with Crippen molar-refractivity contribution < 1.29 is 17.9 Å². The van der Waals surface area contributed by atoms with E-state index in [1.165, 1.54) is 44.5 Å². The fourth-order valence-corrected chi connectivity index (χ4v) is 17.8. The molecule has 1 N–H and O–H groups in total. The van der Waals surface area contributed by atoms with Crippen molar-refractivity contribution in [3.63, 3.8) is 0 Å². The van der Waals surface area contributed by atoms with Crippen LogP contribution in [0.15, 0.2) is 97.3 Å². The van der Waals surface area contributed by atoms with Crippen LogP contribution in [0.2, 0.25) is 0 Å². The van der Waals surface area contributed by atoms with Gasteiger partial charge in [0.05, 0.1) is 0 Å². The standard InChI is InChI=1S/C18H14N.C13H10N.2ClH.Zr/c1-12-18(16-8-4-5-9-17(16)19-12)15-10-13-6-2-3-7-14(13)11-15;1-2-10-14(9-1)13-8-4-6-11-5-3-7-12(11)13;;;/h2-11,19H,1H3;1-10H;2*1H;/q;;;;+2/p-2. The Morgan fingerprint density at radius 2 is 1.58 bits per heavy atom. The number of allylic oxidation sites excluding steroid dienone is 2. The van der Waals surface area contributed by atoms with Crippen molar-refractivity contribution >= 4 is 45.7 Å². The molecule has 36 heavy (non-hydrogen) atoms. The van der Waals surface area contributed by atoms with E-state index in [-0.39, 0.29) is 7.25 Å². The monoisotopic (exact) mass is 584 g/mol. The Morgan fingerprint density at radius 3 is 2.44 bits per heavy atom. The third kappa shape index (κ3) is 3.33. The number of aromatic nitrogens is 2. The predicted molar refractivity (Wildman–Crippen MR) is 149 cm³/mol. The molecule has 0 bridgehead atoms. The number of rotatable bonds is 4. The Balaban J connectivity index is 1.39. The van der Waals surface area contributed by atoms with E-state index in [4.69, 9.17) is 17.0 Å². The Hall–Kier alpha value is -2.58. The van der Waals surface area contributed by atoms with Gasteiger partial charge < -0.3 is 0 Å². The first-order valence-electron chi connectivity index (χ1n) is 12.2. The van der Waals surface area contributed by atoms with Gasteiger partial charge >= 0.3 is 224 Å². The van der Waals surface area contributed by atoms with E-state index >= 15 is 0 Å². The number of H-pyrrole nitrogens is 1. The van der Waals surface area contributed by atoms with Crippen LogP contribution in [0, 0.1) is 6.92 Å². The number of hydrogen-bond donors (Lipinski definition) is 1. The third-order valence-electron chi connectivity index (χ3n) is 7.70. The van der Waals surface area contributed by atoms with Crippen LogP contribution in [0.4, 0.5) is 0 Å². The maximum absolute atomic E-state index is 7.76. The zero-order valence-corrected chi connectivity index (χ0v) is 23.7. The number of para-hydroxylation sites is 1. The summed E-state index contributed by atoms with van der Waals surface area (Å²) in [5, 5.41) is 1.23. The van der Waals surface area contributed by atoms with Crippen molar-refractivity contribution in [2.45, 2.75) is 14.2 Å². The number of hydrogen-bond acceptors (Lipinski definition) is 0. The number of nitrogens with zero attached hydrogens (tertiary/aromatic N) is 1. The van der Waals surface area contributed by atoms with Crippen molar-refractivity contribution in [2.75, 3.05) is 0 Å². The molecule has 0 saturated heterocycles. The average Bonchev–Trinajstić information content (AvgIpc) is 3.67. The SMILES string of the molecule is Cc1[nH]c2ccccc2c1C1=Cc2ccccc2[CH]1[Zr]([Cl])([Cl])[CH]1C=Cc2c1cccc2-n1cccc1.